The van der Waals surface area contributed by atoms with Gasteiger partial charge < -0.3 is 14.2 Å². The van der Waals surface area contributed by atoms with Gasteiger partial charge in [0.25, 0.3) is 0 Å². The molecule has 6 heteroatoms. The van der Waals surface area contributed by atoms with Crippen molar-refractivity contribution in [3.63, 3.8) is 0 Å². The van der Waals surface area contributed by atoms with E-state index in [0.29, 0.717) is 19.3 Å². The van der Waals surface area contributed by atoms with Crippen LogP contribution < -0.4 is 0 Å². The van der Waals surface area contributed by atoms with E-state index in [9.17, 15) is 14.4 Å². The molecule has 1 atom stereocenters. The number of esters is 3. The normalized spacial score (nSPS) is 12.5. The van der Waals surface area contributed by atoms with E-state index in [0.717, 1.165) is 70.6 Å². The van der Waals surface area contributed by atoms with Crippen LogP contribution in [0.25, 0.3) is 0 Å². The van der Waals surface area contributed by atoms with Crippen LogP contribution in [-0.4, -0.2) is 37.2 Å². The molecule has 79 heavy (non-hydrogen) atoms. The van der Waals surface area contributed by atoms with Crippen LogP contribution in [0.5, 0.6) is 0 Å². The summed E-state index contributed by atoms with van der Waals surface area (Å²) in [6.45, 7) is 6.50. The molecule has 0 aromatic rings. The largest absolute Gasteiger partial charge is 0.462 e. The van der Waals surface area contributed by atoms with E-state index < -0.39 is 6.10 Å². The van der Waals surface area contributed by atoms with Crippen LogP contribution in [0.2, 0.25) is 0 Å². The minimum Gasteiger partial charge on any atom is -0.462 e. The lowest BCUT2D eigenvalue weighted by Gasteiger charge is -2.18. The summed E-state index contributed by atoms with van der Waals surface area (Å²) < 4.78 is 16.9. The summed E-state index contributed by atoms with van der Waals surface area (Å²) in [5.41, 5.74) is 0. The standard InChI is InChI=1S/C73H130O6/c1-4-7-10-13-16-19-22-25-27-29-30-31-32-33-34-35-36-37-38-39-40-41-42-44-45-48-51-54-57-60-63-66-72(75)78-69-70(68-77-71(74)65-62-59-56-53-50-47-24-21-18-15-12-9-6-3)79-73(76)67-64-61-58-55-52-49-46-43-28-26-23-20-17-14-11-8-5-2/h9,12,18,21-22,25,29-30,47,50,56,59,70H,4-8,10-11,13-17,19-20,23-24,26-28,31-46,48-49,51-55,57-58,60-69H2,1-3H3/b12-9-,21-18-,25-22-,30-29-,50-47-,59-56-. The van der Waals surface area contributed by atoms with Gasteiger partial charge in [0.2, 0.25) is 0 Å². The van der Waals surface area contributed by atoms with Crippen molar-refractivity contribution in [3.8, 4) is 0 Å². The molecule has 0 heterocycles. The van der Waals surface area contributed by atoms with E-state index in [2.05, 4.69) is 87.6 Å². The highest BCUT2D eigenvalue weighted by Crippen LogP contribution is 2.18. The minimum absolute atomic E-state index is 0.0927. The van der Waals surface area contributed by atoms with E-state index in [-0.39, 0.29) is 37.5 Å². The van der Waals surface area contributed by atoms with Crippen molar-refractivity contribution in [2.45, 2.75) is 361 Å². The van der Waals surface area contributed by atoms with Crippen molar-refractivity contribution in [1.29, 1.82) is 0 Å². The van der Waals surface area contributed by atoms with Crippen LogP contribution in [0.1, 0.15) is 355 Å². The Hall–Kier alpha value is -3.15. The Bertz CT molecular complexity index is 1450. The SMILES string of the molecule is CC/C=C\C/C=C\C/C=C\C/C=C\CCC(=O)OCC(COC(=O)CCCCCCCCCCCCCCCCCCCCC/C=C\C/C=C\CCCCCCC)OC(=O)CCCCCCCCCCCCCCCCCCC. The van der Waals surface area contributed by atoms with Crippen molar-refractivity contribution in [1.82, 2.24) is 0 Å². The average molecular weight is 1100 g/mol. The van der Waals surface area contributed by atoms with Crippen molar-refractivity contribution < 1.29 is 28.6 Å². The lowest BCUT2D eigenvalue weighted by atomic mass is 10.0. The predicted molar refractivity (Wildman–Crippen MR) is 344 cm³/mol. The molecule has 0 saturated heterocycles. The molecule has 458 valence electrons. The second-order valence-electron chi connectivity index (χ2n) is 23.1. The van der Waals surface area contributed by atoms with Gasteiger partial charge in [0.15, 0.2) is 6.10 Å². The summed E-state index contributed by atoms with van der Waals surface area (Å²) in [6.07, 6.45) is 88.1. The first-order valence-electron chi connectivity index (χ1n) is 34.4. The first-order valence-corrected chi connectivity index (χ1v) is 34.4. The Labute approximate surface area is 491 Å². The van der Waals surface area contributed by atoms with Crippen molar-refractivity contribution in [2.24, 2.45) is 0 Å². The highest BCUT2D eigenvalue weighted by atomic mass is 16.6. The summed E-state index contributed by atoms with van der Waals surface area (Å²) >= 11 is 0. The van der Waals surface area contributed by atoms with Crippen molar-refractivity contribution in [2.75, 3.05) is 13.2 Å². The molecule has 0 fully saturated rings. The first-order chi connectivity index (χ1) is 39.0. The number of ether oxygens (including phenoxy) is 3. The van der Waals surface area contributed by atoms with Crippen molar-refractivity contribution >= 4 is 17.9 Å². The summed E-state index contributed by atoms with van der Waals surface area (Å²) in [4.78, 5) is 38.3. The molecular formula is C73H130O6. The molecule has 0 bridgehead atoms. The van der Waals surface area contributed by atoms with Gasteiger partial charge in [0.1, 0.15) is 13.2 Å². The van der Waals surface area contributed by atoms with Crippen LogP contribution >= 0.6 is 0 Å². The lowest BCUT2D eigenvalue weighted by molar-refractivity contribution is -0.166. The van der Waals surface area contributed by atoms with Crippen molar-refractivity contribution in [3.05, 3.63) is 72.9 Å². The molecule has 0 aromatic heterocycles. The monoisotopic (exact) mass is 1100 g/mol. The van der Waals surface area contributed by atoms with Crippen LogP contribution in [-0.2, 0) is 28.6 Å². The fourth-order valence-electron chi connectivity index (χ4n) is 10.1. The van der Waals surface area contributed by atoms with Gasteiger partial charge in [0.05, 0.1) is 0 Å². The Morgan fingerprint density at radius 2 is 0.519 bits per heavy atom. The molecular weight excluding hydrogens is 973 g/mol. The van der Waals surface area contributed by atoms with Crippen LogP contribution in [0.3, 0.4) is 0 Å². The maximum Gasteiger partial charge on any atom is 0.306 e. The first kappa shape index (κ1) is 75.8. The smallest absolute Gasteiger partial charge is 0.306 e. The van der Waals surface area contributed by atoms with Gasteiger partial charge >= 0.3 is 17.9 Å². The predicted octanol–water partition coefficient (Wildman–Crippen LogP) is 23.7. The number of allylic oxidation sites excluding steroid dienone is 12. The molecule has 0 aliphatic rings. The number of rotatable bonds is 63. The third-order valence-corrected chi connectivity index (χ3v) is 15.2. The molecule has 0 aromatic carbocycles. The van der Waals surface area contributed by atoms with E-state index >= 15 is 0 Å². The zero-order valence-corrected chi connectivity index (χ0v) is 52.6. The molecule has 0 N–H and O–H groups in total. The summed E-state index contributed by atoms with van der Waals surface area (Å²) in [5.74, 6) is -0.958. The van der Waals surface area contributed by atoms with Crippen LogP contribution in [0.15, 0.2) is 72.9 Å². The minimum atomic E-state index is -0.802. The topological polar surface area (TPSA) is 78.9 Å². The van der Waals surface area contributed by atoms with E-state index in [1.807, 2.05) is 6.08 Å². The van der Waals surface area contributed by atoms with E-state index in [1.54, 1.807) is 0 Å². The van der Waals surface area contributed by atoms with Gasteiger partial charge in [-0.2, -0.15) is 0 Å². The zero-order chi connectivity index (χ0) is 57.1. The van der Waals surface area contributed by atoms with Crippen LogP contribution in [0.4, 0.5) is 0 Å². The fraction of sp³-hybridized carbons (Fsp3) is 0.795. The number of unbranched alkanes of at least 4 members (excludes halogenated alkanes) is 40. The average Bonchev–Trinajstić information content (AvgIpc) is 3.45. The quantitative estimate of drug-likeness (QED) is 0.0261. The maximum atomic E-state index is 12.9. The Balaban J connectivity index is 4.19. The number of carbonyl (C=O) groups is 3. The molecule has 1 unspecified atom stereocenters. The highest BCUT2D eigenvalue weighted by molar-refractivity contribution is 5.71. The lowest BCUT2D eigenvalue weighted by Crippen LogP contribution is -2.30. The molecule has 0 aliphatic heterocycles. The maximum absolute atomic E-state index is 12.9. The number of hydrogen-bond donors (Lipinski definition) is 0. The van der Waals surface area contributed by atoms with Gasteiger partial charge in [-0.1, -0.05) is 331 Å². The molecule has 0 rings (SSSR count). The third kappa shape index (κ3) is 65.5. The Morgan fingerprint density at radius 1 is 0.266 bits per heavy atom. The fourth-order valence-corrected chi connectivity index (χ4v) is 10.1. The van der Waals surface area contributed by atoms with Gasteiger partial charge in [-0.15, -0.1) is 0 Å². The number of hydrogen-bond acceptors (Lipinski definition) is 6. The number of carbonyl (C=O) groups excluding carboxylic acids is 3. The molecule has 0 saturated carbocycles. The van der Waals surface area contributed by atoms with E-state index in [4.69, 9.17) is 14.2 Å². The van der Waals surface area contributed by atoms with Gasteiger partial charge in [0, 0.05) is 19.3 Å². The summed E-state index contributed by atoms with van der Waals surface area (Å²) in [6, 6.07) is 0. The second-order valence-corrected chi connectivity index (χ2v) is 23.1. The Kier molecular flexibility index (Phi) is 64.7. The van der Waals surface area contributed by atoms with Gasteiger partial charge in [-0.05, 0) is 77.0 Å². The Morgan fingerprint density at radius 3 is 0.848 bits per heavy atom. The van der Waals surface area contributed by atoms with E-state index in [1.165, 1.54) is 238 Å². The van der Waals surface area contributed by atoms with Gasteiger partial charge in [-0.25, -0.2) is 0 Å². The van der Waals surface area contributed by atoms with Crippen LogP contribution in [0, 0.1) is 0 Å². The molecule has 0 amide bonds. The van der Waals surface area contributed by atoms with Gasteiger partial charge in [-0.3, -0.25) is 14.4 Å². The zero-order valence-electron chi connectivity index (χ0n) is 52.6. The molecule has 0 spiro atoms. The molecule has 6 nitrogen and oxygen atoms in total. The third-order valence-electron chi connectivity index (χ3n) is 15.2. The molecule has 0 aliphatic carbocycles. The summed E-state index contributed by atoms with van der Waals surface area (Å²) in [5, 5.41) is 0. The second kappa shape index (κ2) is 67.4. The summed E-state index contributed by atoms with van der Waals surface area (Å²) in [7, 11) is 0. The highest BCUT2D eigenvalue weighted by Gasteiger charge is 2.19. The molecule has 0 radical (unpaired) electrons.